The average molecular weight is 401 g/mol. The number of sulfonamides is 1. The van der Waals surface area contributed by atoms with Crippen LogP contribution in [-0.2, 0) is 15.8 Å². The Hall–Kier alpha value is -2.18. The molecule has 1 N–H and O–H groups in total. The minimum absolute atomic E-state index is 0.0180. The quantitative estimate of drug-likeness (QED) is 0.769. The molecule has 3 rings (SSSR count). The molecule has 0 aromatic heterocycles. The zero-order valence-electron chi connectivity index (χ0n) is 16.5. The van der Waals surface area contributed by atoms with E-state index >= 15 is 0 Å². The molecule has 0 aliphatic carbocycles. The summed E-state index contributed by atoms with van der Waals surface area (Å²) in [6.07, 6.45) is 2.65. The van der Waals surface area contributed by atoms with E-state index in [0.717, 1.165) is 24.8 Å². The van der Waals surface area contributed by atoms with Crippen LogP contribution < -0.4 is 5.32 Å². The summed E-state index contributed by atoms with van der Waals surface area (Å²) >= 11 is 0. The van der Waals surface area contributed by atoms with E-state index in [9.17, 15) is 13.2 Å². The zero-order valence-corrected chi connectivity index (χ0v) is 17.3. The van der Waals surface area contributed by atoms with Gasteiger partial charge in [0.15, 0.2) is 0 Å². The number of hydrogen-bond donors (Lipinski definition) is 1. The van der Waals surface area contributed by atoms with Crippen LogP contribution >= 0.6 is 0 Å². The van der Waals surface area contributed by atoms with Gasteiger partial charge in [-0.25, -0.2) is 12.7 Å². The van der Waals surface area contributed by atoms with Gasteiger partial charge in [-0.15, -0.1) is 0 Å². The summed E-state index contributed by atoms with van der Waals surface area (Å²) in [4.78, 5) is 12.6. The molecule has 5 nitrogen and oxygen atoms in total. The first kappa shape index (κ1) is 20.6. The number of hydrogen-bond acceptors (Lipinski definition) is 3. The lowest BCUT2D eigenvalue weighted by Crippen LogP contribution is -2.29. The van der Waals surface area contributed by atoms with Gasteiger partial charge in [-0.3, -0.25) is 4.79 Å². The van der Waals surface area contributed by atoms with Crippen molar-refractivity contribution >= 4 is 15.9 Å². The number of nitrogens with one attached hydrogen (secondary N) is 1. The van der Waals surface area contributed by atoms with Gasteiger partial charge < -0.3 is 5.32 Å². The van der Waals surface area contributed by atoms with Crippen molar-refractivity contribution in [2.75, 3.05) is 13.1 Å². The number of rotatable bonds is 7. The van der Waals surface area contributed by atoms with Gasteiger partial charge in [0.2, 0.25) is 10.0 Å². The van der Waals surface area contributed by atoms with Crippen molar-refractivity contribution in [3.8, 4) is 0 Å². The van der Waals surface area contributed by atoms with E-state index in [1.807, 2.05) is 38.1 Å². The highest BCUT2D eigenvalue weighted by molar-refractivity contribution is 7.88. The second-order valence-corrected chi connectivity index (χ2v) is 9.37. The molecule has 1 amide bonds. The fourth-order valence-corrected chi connectivity index (χ4v) is 5.09. The summed E-state index contributed by atoms with van der Waals surface area (Å²) in [5, 5.41) is 3.07. The van der Waals surface area contributed by atoms with Gasteiger partial charge in [0, 0.05) is 18.7 Å². The van der Waals surface area contributed by atoms with Gasteiger partial charge in [0.25, 0.3) is 5.91 Å². The fourth-order valence-electron chi connectivity index (χ4n) is 3.48. The lowest BCUT2D eigenvalue weighted by atomic mass is 10.0. The molecule has 6 heteroatoms. The van der Waals surface area contributed by atoms with Crippen molar-refractivity contribution in [1.29, 1.82) is 0 Å². The number of amides is 1. The van der Waals surface area contributed by atoms with Crippen molar-refractivity contribution in [3.63, 3.8) is 0 Å². The van der Waals surface area contributed by atoms with Gasteiger partial charge >= 0.3 is 0 Å². The standard InChI is InChI=1S/C22H28N2O3S/c1-3-21(19-10-6-17(2)7-11-19)23-22(25)20-12-8-18(9-13-20)16-28(26,27)24-14-4-5-15-24/h6-13,21H,3-5,14-16H2,1-2H3,(H,23,25). The molecule has 0 spiro atoms. The van der Waals surface area contributed by atoms with Crippen LogP contribution in [0.1, 0.15) is 59.3 Å². The van der Waals surface area contributed by atoms with Gasteiger partial charge in [0.1, 0.15) is 0 Å². The summed E-state index contributed by atoms with van der Waals surface area (Å²) in [6, 6.07) is 15.0. The summed E-state index contributed by atoms with van der Waals surface area (Å²) in [5.41, 5.74) is 3.50. The predicted octanol–water partition coefficient (Wildman–Crippen LogP) is 3.80. The number of nitrogens with zero attached hydrogens (tertiary/aromatic N) is 1. The minimum atomic E-state index is -3.28. The first-order valence-corrected chi connectivity index (χ1v) is 11.4. The van der Waals surface area contributed by atoms with Crippen LogP contribution in [0.5, 0.6) is 0 Å². The van der Waals surface area contributed by atoms with E-state index in [0.29, 0.717) is 24.2 Å². The molecule has 1 unspecified atom stereocenters. The number of benzene rings is 2. The number of carbonyl (C=O) groups excluding carboxylic acids is 1. The van der Waals surface area contributed by atoms with Crippen LogP contribution in [0.25, 0.3) is 0 Å². The van der Waals surface area contributed by atoms with Crippen molar-refractivity contribution in [1.82, 2.24) is 9.62 Å². The molecule has 1 aliphatic heterocycles. The minimum Gasteiger partial charge on any atom is -0.345 e. The van der Waals surface area contributed by atoms with Gasteiger partial charge in [-0.1, -0.05) is 48.9 Å². The maximum absolute atomic E-state index is 12.6. The highest BCUT2D eigenvalue weighted by Gasteiger charge is 2.25. The summed E-state index contributed by atoms with van der Waals surface area (Å²) < 4.78 is 26.4. The molecule has 1 heterocycles. The Kier molecular flexibility index (Phi) is 6.52. The molecule has 150 valence electrons. The highest BCUT2D eigenvalue weighted by Crippen LogP contribution is 2.20. The second kappa shape index (κ2) is 8.88. The smallest absolute Gasteiger partial charge is 0.251 e. The molecule has 1 aliphatic rings. The lowest BCUT2D eigenvalue weighted by Gasteiger charge is -2.18. The van der Waals surface area contributed by atoms with Crippen LogP contribution in [0.2, 0.25) is 0 Å². The van der Waals surface area contributed by atoms with Crippen molar-refractivity contribution in [3.05, 3.63) is 70.8 Å². The third kappa shape index (κ3) is 5.00. The molecule has 1 fully saturated rings. The topological polar surface area (TPSA) is 66.5 Å². The van der Waals surface area contributed by atoms with Crippen LogP contribution in [0.3, 0.4) is 0 Å². The van der Waals surface area contributed by atoms with Crippen molar-refractivity contribution in [2.45, 2.75) is 44.9 Å². The average Bonchev–Trinajstić information content (AvgIpc) is 3.23. The van der Waals surface area contributed by atoms with E-state index < -0.39 is 10.0 Å². The number of aryl methyl sites for hydroxylation is 1. The largest absolute Gasteiger partial charge is 0.345 e. The van der Waals surface area contributed by atoms with E-state index in [-0.39, 0.29) is 17.7 Å². The van der Waals surface area contributed by atoms with Gasteiger partial charge in [-0.05, 0) is 49.4 Å². The first-order valence-electron chi connectivity index (χ1n) is 9.83. The Morgan fingerprint density at radius 3 is 2.21 bits per heavy atom. The van der Waals surface area contributed by atoms with E-state index in [1.54, 1.807) is 28.6 Å². The Labute approximate surface area is 167 Å². The summed E-state index contributed by atoms with van der Waals surface area (Å²) in [5.74, 6) is -0.170. The summed E-state index contributed by atoms with van der Waals surface area (Å²) in [7, 11) is -3.28. The molecule has 1 atom stereocenters. The fraction of sp³-hybridized carbons (Fsp3) is 0.409. The molecule has 2 aromatic carbocycles. The lowest BCUT2D eigenvalue weighted by molar-refractivity contribution is 0.0935. The molecule has 0 radical (unpaired) electrons. The maximum atomic E-state index is 12.6. The zero-order chi connectivity index (χ0) is 20.1. The molecule has 1 saturated heterocycles. The monoisotopic (exact) mass is 400 g/mol. The molecule has 28 heavy (non-hydrogen) atoms. The Bertz CT molecular complexity index is 900. The molecular formula is C22H28N2O3S. The Morgan fingerprint density at radius 2 is 1.64 bits per heavy atom. The van der Waals surface area contributed by atoms with E-state index in [4.69, 9.17) is 0 Å². The second-order valence-electron chi connectivity index (χ2n) is 7.40. The van der Waals surface area contributed by atoms with Crippen LogP contribution in [-0.4, -0.2) is 31.7 Å². The highest BCUT2D eigenvalue weighted by atomic mass is 32.2. The van der Waals surface area contributed by atoms with Crippen LogP contribution in [0, 0.1) is 6.92 Å². The summed E-state index contributed by atoms with van der Waals surface area (Å²) in [6.45, 7) is 5.30. The Balaban J connectivity index is 1.65. The van der Waals surface area contributed by atoms with Gasteiger partial charge in [0.05, 0.1) is 11.8 Å². The molecule has 0 bridgehead atoms. The Morgan fingerprint density at radius 1 is 1.04 bits per heavy atom. The van der Waals surface area contributed by atoms with Crippen LogP contribution in [0.4, 0.5) is 0 Å². The maximum Gasteiger partial charge on any atom is 0.251 e. The third-order valence-corrected chi connectivity index (χ3v) is 7.07. The third-order valence-electron chi connectivity index (χ3n) is 5.22. The van der Waals surface area contributed by atoms with Crippen LogP contribution in [0.15, 0.2) is 48.5 Å². The normalized spacial score (nSPS) is 16.1. The van der Waals surface area contributed by atoms with Crippen molar-refractivity contribution in [2.24, 2.45) is 0 Å². The molecule has 2 aromatic rings. The predicted molar refractivity (Wildman–Crippen MR) is 112 cm³/mol. The van der Waals surface area contributed by atoms with Gasteiger partial charge in [-0.2, -0.15) is 0 Å². The number of carbonyl (C=O) groups is 1. The molecule has 0 saturated carbocycles. The first-order chi connectivity index (χ1) is 13.4. The van der Waals surface area contributed by atoms with E-state index in [2.05, 4.69) is 5.32 Å². The van der Waals surface area contributed by atoms with E-state index in [1.165, 1.54) is 5.56 Å². The molecular weight excluding hydrogens is 372 g/mol. The SMILES string of the molecule is CCC(NC(=O)c1ccc(CS(=O)(=O)N2CCCC2)cc1)c1ccc(C)cc1. The van der Waals surface area contributed by atoms with Crippen molar-refractivity contribution < 1.29 is 13.2 Å².